The van der Waals surface area contributed by atoms with Crippen LogP contribution in [0.25, 0.3) is 6.08 Å². The third-order valence-electron chi connectivity index (χ3n) is 4.74. The van der Waals surface area contributed by atoms with Crippen molar-refractivity contribution in [1.29, 1.82) is 0 Å². The van der Waals surface area contributed by atoms with Crippen molar-refractivity contribution in [2.45, 2.75) is 13.2 Å². The van der Waals surface area contributed by atoms with E-state index in [4.69, 9.17) is 39.5 Å². The second kappa shape index (κ2) is 10.0. The third-order valence-corrected chi connectivity index (χ3v) is 6.76. The lowest BCUT2D eigenvalue weighted by Crippen LogP contribution is -2.27. The Kier molecular flexibility index (Phi) is 7.11. The van der Waals surface area contributed by atoms with Gasteiger partial charge in [0.2, 0.25) is 0 Å². The van der Waals surface area contributed by atoms with Gasteiger partial charge < -0.3 is 4.74 Å². The number of carbonyl (C=O) groups is 2. The number of nitrogens with zero attached hydrogens (tertiary/aromatic N) is 1. The summed E-state index contributed by atoms with van der Waals surface area (Å²) < 4.78 is 5.95. The molecule has 1 saturated heterocycles. The molecular weight excluding hydrogens is 489 g/mol. The summed E-state index contributed by atoms with van der Waals surface area (Å²) in [5.74, 6) is 0.218. The number of imide groups is 1. The summed E-state index contributed by atoms with van der Waals surface area (Å²) in [4.78, 5) is 26.9. The second-order valence-electron chi connectivity index (χ2n) is 6.93. The van der Waals surface area contributed by atoms with Crippen molar-refractivity contribution in [2.24, 2.45) is 0 Å². The van der Waals surface area contributed by atoms with Crippen LogP contribution in [0, 0.1) is 0 Å². The summed E-state index contributed by atoms with van der Waals surface area (Å²) in [6.45, 7) is 0.396. The quantitative estimate of drug-likeness (QED) is 0.327. The van der Waals surface area contributed by atoms with E-state index in [1.165, 1.54) is 4.90 Å². The summed E-state index contributed by atoms with van der Waals surface area (Å²) in [6, 6.07) is 19.8. The first kappa shape index (κ1) is 22.7. The van der Waals surface area contributed by atoms with Gasteiger partial charge in [0, 0.05) is 16.1 Å². The lowest BCUT2D eigenvalue weighted by atomic mass is 10.1. The summed E-state index contributed by atoms with van der Waals surface area (Å²) >= 11 is 19.1. The van der Waals surface area contributed by atoms with Crippen LogP contribution in [-0.4, -0.2) is 16.0 Å². The number of halogens is 3. The van der Waals surface area contributed by atoms with Gasteiger partial charge in [-0.2, -0.15) is 0 Å². The summed E-state index contributed by atoms with van der Waals surface area (Å²) in [7, 11) is 0. The molecule has 0 bridgehead atoms. The van der Waals surface area contributed by atoms with Gasteiger partial charge in [-0.05, 0) is 47.7 Å². The van der Waals surface area contributed by atoms with Crippen molar-refractivity contribution in [2.75, 3.05) is 0 Å². The molecule has 4 nitrogen and oxygen atoms in total. The number of carbonyl (C=O) groups excluding carboxylic acids is 2. The lowest BCUT2D eigenvalue weighted by Gasteiger charge is -2.13. The topological polar surface area (TPSA) is 46.6 Å². The molecule has 1 fully saturated rings. The highest BCUT2D eigenvalue weighted by atomic mass is 35.5. The number of rotatable bonds is 6. The van der Waals surface area contributed by atoms with Gasteiger partial charge in [0.05, 0.1) is 21.5 Å². The molecule has 32 heavy (non-hydrogen) atoms. The normalized spacial score (nSPS) is 15.0. The van der Waals surface area contributed by atoms with E-state index in [0.717, 1.165) is 17.3 Å². The van der Waals surface area contributed by atoms with Gasteiger partial charge in [-0.25, -0.2) is 0 Å². The van der Waals surface area contributed by atoms with Crippen LogP contribution in [0.15, 0.2) is 71.6 Å². The molecule has 0 aromatic heterocycles. The lowest BCUT2D eigenvalue weighted by molar-refractivity contribution is -0.123. The number of amides is 2. The Balaban J connectivity index is 1.52. The molecule has 2 amide bonds. The maximum Gasteiger partial charge on any atom is 0.293 e. The fraction of sp³-hybridized carbons (Fsp3) is 0.0833. The predicted molar refractivity (Wildman–Crippen MR) is 130 cm³/mol. The Morgan fingerprint density at radius 1 is 0.875 bits per heavy atom. The third kappa shape index (κ3) is 5.13. The minimum absolute atomic E-state index is 0.115. The first-order valence-electron chi connectivity index (χ1n) is 9.57. The van der Waals surface area contributed by atoms with E-state index in [1.807, 2.05) is 42.5 Å². The largest absolute Gasteiger partial charge is 0.488 e. The van der Waals surface area contributed by atoms with E-state index in [0.29, 0.717) is 36.8 Å². The van der Waals surface area contributed by atoms with Gasteiger partial charge in [-0.15, -0.1) is 0 Å². The molecule has 0 unspecified atom stereocenters. The first-order valence-corrected chi connectivity index (χ1v) is 11.5. The van der Waals surface area contributed by atoms with E-state index in [-0.39, 0.29) is 24.3 Å². The highest BCUT2D eigenvalue weighted by Crippen LogP contribution is 2.35. The maximum atomic E-state index is 12.9. The zero-order valence-electron chi connectivity index (χ0n) is 16.6. The molecule has 0 aliphatic carbocycles. The Morgan fingerprint density at radius 2 is 1.62 bits per heavy atom. The number of ether oxygens (including phenoxy) is 1. The average Bonchev–Trinajstić information content (AvgIpc) is 3.04. The molecule has 0 N–H and O–H groups in total. The number of hydrogen-bond acceptors (Lipinski definition) is 4. The molecule has 1 aliphatic rings. The Hall–Kier alpha value is -2.44. The zero-order valence-corrected chi connectivity index (χ0v) is 19.6. The van der Waals surface area contributed by atoms with Crippen molar-refractivity contribution in [1.82, 2.24) is 4.90 Å². The van der Waals surface area contributed by atoms with Crippen molar-refractivity contribution >= 4 is 63.8 Å². The summed E-state index contributed by atoms with van der Waals surface area (Å²) in [5, 5.41) is 1.06. The van der Waals surface area contributed by atoms with Crippen LogP contribution in [0.4, 0.5) is 4.79 Å². The molecule has 1 heterocycles. The van der Waals surface area contributed by atoms with E-state index in [9.17, 15) is 9.59 Å². The highest BCUT2D eigenvalue weighted by Gasteiger charge is 2.35. The zero-order chi connectivity index (χ0) is 22.7. The number of para-hydroxylation sites is 1. The highest BCUT2D eigenvalue weighted by molar-refractivity contribution is 8.18. The van der Waals surface area contributed by atoms with Crippen molar-refractivity contribution in [3.63, 3.8) is 0 Å². The van der Waals surface area contributed by atoms with E-state index >= 15 is 0 Å². The van der Waals surface area contributed by atoms with Crippen LogP contribution < -0.4 is 4.74 Å². The molecule has 3 aromatic carbocycles. The summed E-state index contributed by atoms with van der Waals surface area (Å²) in [5.41, 5.74) is 2.26. The van der Waals surface area contributed by atoms with Crippen LogP contribution in [-0.2, 0) is 17.9 Å². The number of hydrogen-bond donors (Lipinski definition) is 0. The fourth-order valence-corrected chi connectivity index (χ4v) is 4.44. The van der Waals surface area contributed by atoms with Crippen LogP contribution in [0.5, 0.6) is 5.75 Å². The molecule has 8 heteroatoms. The summed E-state index contributed by atoms with van der Waals surface area (Å²) in [6.07, 6.45) is 1.67. The number of benzene rings is 3. The first-order chi connectivity index (χ1) is 15.4. The fourth-order valence-electron chi connectivity index (χ4n) is 3.10. The second-order valence-corrected chi connectivity index (χ2v) is 9.15. The van der Waals surface area contributed by atoms with Gasteiger partial charge in [0.1, 0.15) is 12.4 Å². The van der Waals surface area contributed by atoms with Crippen LogP contribution in [0.3, 0.4) is 0 Å². The Labute approximate surface area is 204 Å². The van der Waals surface area contributed by atoms with Crippen molar-refractivity contribution in [3.05, 3.63) is 103 Å². The van der Waals surface area contributed by atoms with E-state index in [1.54, 1.807) is 30.3 Å². The minimum atomic E-state index is -0.369. The van der Waals surface area contributed by atoms with Crippen LogP contribution >= 0.6 is 46.6 Å². The predicted octanol–water partition coefficient (Wildman–Crippen LogP) is 7.46. The van der Waals surface area contributed by atoms with Gasteiger partial charge in [-0.3, -0.25) is 14.5 Å². The van der Waals surface area contributed by atoms with Crippen LogP contribution in [0.2, 0.25) is 15.1 Å². The molecule has 0 spiro atoms. The number of thioether (sulfide) groups is 1. The SMILES string of the molecule is O=C1S/C(=C\c2ccccc2OCc2ccccc2Cl)C(=O)N1Cc1ccc(Cl)c(Cl)c1. The molecule has 162 valence electrons. The van der Waals surface area contributed by atoms with Crippen molar-refractivity contribution in [3.8, 4) is 5.75 Å². The van der Waals surface area contributed by atoms with Crippen molar-refractivity contribution < 1.29 is 14.3 Å². The maximum absolute atomic E-state index is 12.9. The smallest absolute Gasteiger partial charge is 0.293 e. The van der Waals surface area contributed by atoms with Crippen LogP contribution in [0.1, 0.15) is 16.7 Å². The Morgan fingerprint density at radius 3 is 2.41 bits per heavy atom. The standard InChI is InChI=1S/C24H16Cl3NO3S/c25-18-7-3-1-6-17(18)14-31-21-8-4-2-5-16(21)12-22-23(29)28(24(30)32-22)13-15-9-10-19(26)20(27)11-15/h1-12H,13-14H2/b22-12-. The molecule has 3 aromatic rings. The molecule has 1 aliphatic heterocycles. The molecule has 4 rings (SSSR count). The molecule has 0 saturated carbocycles. The molecular formula is C24H16Cl3NO3S. The van der Waals surface area contributed by atoms with Gasteiger partial charge in [0.25, 0.3) is 11.1 Å². The van der Waals surface area contributed by atoms with Gasteiger partial charge in [-0.1, -0.05) is 77.3 Å². The Bertz CT molecular complexity index is 1230. The van der Waals surface area contributed by atoms with E-state index in [2.05, 4.69) is 0 Å². The monoisotopic (exact) mass is 503 g/mol. The van der Waals surface area contributed by atoms with Gasteiger partial charge >= 0.3 is 0 Å². The van der Waals surface area contributed by atoms with E-state index < -0.39 is 0 Å². The molecule has 0 atom stereocenters. The van der Waals surface area contributed by atoms with Gasteiger partial charge in [0.15, 0.2) is 0 Å². The minimum Gasteiger partial charge on any atom is -0.488 e. The average molecular weight is 505 g/mol. The molecule has 0 radical (unpaired) electrons.